The fourth-order valence-corrected chi connectivity index (χ4v) is 2.46. The third kappa shape index (κ3) is 2.67. The number of alkyl halides is 3. The molecular weight excluding hydrogens is 221 g/mol. The molecule has 1 rings (SSSR count). The van der Waals surface area contributed by atoms with E-state index < -0.39 is 24.3 Å². The first-order valence-corrected chi connectivity index (χ1v) is 5.48. The Bertz CT molecular complexity index is 233. The van der Waals surface area contributed by atoms with Crippen molar-refractivity contribution in [2.75, 3.05) is 13.2 Å². The van der Waals surface area contributed by atoms with Crippen LogP contribution in [0.2, 0.25) is 0 Å². The first-order chi connectivity index (χ1) is 7.29. The van der Waals surface area contributed by atoms with E-state index in [0.717, 1.165) is 0 Å². The zero-order valence-electron chi connectivity index (χ0n) is 9.54. The van der Waals surface area contributed by atoms with E-state index in [1.54, 1.807) is 0 Å². The molecule has 3 nitrogen and oxygen atoms in total. The van der Waals surface area contributed by atoms with E-state index in [0.29, 0.717) is 13.0 Å². The van der Waals surface area contributed by atoms with E-state index in [9.17, 15) is 13.2 Å². The molecule has 16 heavy (non-hydrogen) atoms. The highest BCUT2D eigenvalue weighted by Crippen LogP contribution is 2.34. The topological polar surface area (TPSA) is 49.5 Å². The molecular formula is C10H19F3N2O. The lowest BCUT2D eigenvalue weighted by Gasteiger charge is -2.36. The van der Waals surface area contributed by atoms with Crippen molar-refractivity contribution in [3.05, 3.63) is 0 Å². The van der Waals surface area contributed by atoms with E-state index in [1.807, 2.05) is 6.92 Å². The van der Waals surface area contributed by atoms with Crippen LogP contribution in [0.4, 0.5) is 13.2 Å². The Morgan fingerprint density at radius 2 is 2.06 bits per heavy atom. The Balaban J connectivity index is 2.87. The van der Waals surface area contributed by atoms with Crippen molar-refractivity contribution in [1.29, 1.82) is 0 Å². The second-order valence-corrected chi connectivity index (χ2v) is 4.60. The zero-order chi connectivity index (χ0) is 12.5. The van der Waals surface area contributed by atoms with Gasteiger partial charge in [0.15, 0.2) is 0 Å². The van der Waals surface area contributed by atoms with Gasteiger partial charge in [0.1, 0.15) is 6.04 Å². The van der Waals surface area contributed by atoms with Crippen LogP contribution in [0.5, 0.6) is 0 Å². The summed E-state index contributed by atoms with van der Waals surface area (Å²) in [7, 11) is 0. The molecule has 0 radical (unpaired) electrons. The lowest BCUT2D eigenvalue weighted by Crippen LogP contribution is -2.57. The van der Waals surface area contributed by atoms with Crippen LogP contribution in [0.15, 0.2) is 0 Å². The first-order valence-electron chi connectivity index (χ1n) is 5.48. The summed E-state index contributed by atoms with van der Waals surface area (Å²) in [6.45, 7) is 3.31. The summed E-state index contributed by atoms with van der Waals surface area (Å²) < 4.78 is 38.6. The van der Waals surface area contributed by atoms with Gasteiger partial charge in [-0.15, -0.1) is 0 Å². The molecule has 3 N–H and O–H groups in total. The SMILES string of the molecule is CC(N)C(N1CCC(C)C1CO)C(F)(F)F. The van der Waals surface area contributed by atoms with Gasteiger partial charge >= 0.3 is 6.18 Å². The average Bonchev–Trinajstić information content (AvgIpc) is 2.44. The van der Waals surface area contributed by atoms with Crippen molar-refractivity contribution < 1.29 is 18.3 Å². The normalized spacial score (nSPS) is 31.7. The van der Waals surface area contributed by atoms with E-state index in [1.165, 1.54) is 11.8 Å². The Hall–Kier alpha value is -0.330. The Labute approximate surface area is 93.4 Å². The number of rotatable bonds is 3. The summed E-state index contributed by atoms with van der Waals surface area (Å²) in [6, 6.07) is -3.08. The molecule has 0 aromatic heterocycles. The monoisotopic (exact) mass is 240 g/mol. The van der Waals surface area contributed by atoms with Crippen molar-refractivity contribution in [2.45, 2.75) is 44.6 Å². The second kappa shape index (κ2) is 4.89. The number of aliphatic hydroxyl groups is 1. The van der Waals surface area contributed by atoms with Crippen LogP contribution >= 0.6 is 0 Å². The zero-order valence-corrected chi connectivity index (χ0v) is 9.54. The minimum atomic E-state index is -4.34. The van der Waals surface area contributed by atoms with Crippen molar-refractivity contribution in [1.82, 2.24) is 4.90 Å². The predicted molar refractivity (Wildman–Crippen MR) is 54.9 cm³/mol. The van der Waals surface area contributed by atoms with Gasteiger partial charge in [-0.25, -0.2) is 0 Å². The second-order valence-electron chi connectivity index (χ2n) is 4.60. The van der Waals surface area contributed by atoms with Gasteiger partial charge in [-0.1, -0.05) is 6.92 Å². The molecule has 1 aliphatic heterocycles. The molecule has 0 bridgehead atoms. The fourth-order valence-electron chi connectivity index (χ4n) is 2.46. The van der Waals surface area contributed by atoms with Gasteiger partial charge in [-0.3, -0.25) is 4.90 Å². The molecule has 1 fully saturated rings. The van der Waals surface area contributed by atoms with E-state index >= 15 is 0 Å². The molecule has 96 valence electrons. The maximum absolute atomic E-state index is 12.9. The molecule has 1 heterocycles. The number of hydrogen-bond donors (Lipinski definition) is 2. The van der Waals surface area contributed by atoms with Crippen LogP contribution in [0.1, 0.15) is 20.3 Å². The molecule has 0 amide bonds. The largest absolute Gasteiger partial charge is 0.405 e. The summed E-state index contributed by atoms with van der Waals surface area (Å²) in [5, 5.41) is 9.15. The standard InChI is InChI=1S/C10H19F3N2O/c1-6-3-4-15(8(6)5-16)9(7(2)14)10(11,12)13/h6-9,16H,3-5,14H2,1-2H3. The Morgan fingerprint density at radius 1 is 1.50 bits per heavy atom. The highest BCUT2D eigenvalue weighted by Gasteiger charge is 2.50. The first kappa shape index (κ1) is 13.7. The van der Waals surface area contributed by atoms with Crippen molar-refractivity contribution in [3.8, 4) is 0 Å². The van der Waals surface area contributed by atoms with Crippen LogP contribution in [0.3, 0.4) is 0 Å². The summed E-state index contributed by atoms with van der Waals surface area (Å²) in [5.74, 6) is 0.0774. The van der Waals surface area contributed by atoms with Gasteiger partial charge in [0.2, 0.25) is 0 Å². The molecule has 0 aromatic rings. The van der Waals surface area contributed by atoms with Crippen molar-refractivity contribution >= 4 is 0 Å². The quantitative estimate of drug-likeness (QED) is 0.772. The van der Waals surface area contributed by atoms with Gasteiger partial charge in [0.25, 0.3) is 0 Å². The molecule has 0 aromatic carbocycles. The number of hydrogen-bond acceptors (Lipinski definition) is 3. The highest BCUT2D eigenvalue weighted by molar-refractivity contribution is 4.94. The van der Waals surface area contributed by atoms with Crippen molar-refractivity contribution in [2.24, 2.45) is 11.7 Å². The Morgan fingerprint density at radius 3 is 2.44 bits per heavy atom. The lowest BCUT2D eigenvalue weighted by atomic mass is 10.0. The van der Waals surface area contributed by atoms with Crippen LogP contribution in [0.25, 0.3) is 0 Å². The van der Waals surface area contributed by atoms with Crippen LogP contribution < -0.4 is 5.73 Å². The molecule has 0 aliphatic carbocycles. The number of likely N-dealkylation sites (tertiary alicyclic amines) is 1. The summed E-state index contributed by atoms with van der Waals surface area (Å²) in [4.78, 5) is 1.30. The molecule has 4 atom stereocenters. The molecule has 1 aliphatic rings. The minimum Gasteiger partial charge on any atom is -0.395 e. The number of nitrogens with zero attached hydrogens (tertiary/aromatic N) is 1. The number of nitrogens with two attached hydrogens (primary N) is 1. The van der Waals surface area contributed by atoms with E-state index in [-0.39, 0.29) is 12.5 Å². The summed E-state index contributed by atoms with van der Waals surface area (Å²) in [5.41, 5.74) is 5.42. The van der Waals surface area contributed by atoms with Crippen LogP contribution in [-0.4, -0.2) is 47.5 Å². The van der Waals surface area contributed by atoms with E-state index in [2.05, 4.69) is 0 Å². The van der Waals surface area contributed by atoms with Gasteiger partial charge in [0, 0.05) is 12.1 Å². The highest BCUT2D eigenvalue weighted by atomic mass is 19.4. The lowest BCUT2D eigenvalue weighted by molar-refractivity contribution is -0.192. The van der Waals surface area contributed by atoms with E-state index in [4.69, 9.17) is 10.8 Å². The third-order valence-electron chi connectivity index (χ3n) is 3.30. The molecule has 6 heteroatoms. The molecule has 0 spiro atoms. The Kier molecular flexibility index (Phi) is 4.20. The summed E-state index contributed by atoms with van der Waals surface area (Å²) in [6.07, 6.45) is -3.67. The third-order valence-corrected chi connectivity index (χ3v) is 3.30. The molecule has 1 saturated heterocycles. The molecule has 4 unspecified atom stereocenters. The van der Waals surface area contributed by atoms with Gasteiger partial charge in [-0.05, 0) is 25.8 Å². The number of aliphatic hydroxyl groups excluding tert-OH is 1. The fraction of sp³-hybridized carbons (Fsp3) is 1.00. The van der Waals surface area contributed by atoms with Crippen LogP contribution in [-0.2, 0) is 0 Å². The molecule has 0 saturated carbocycles. The average molecular weight is 240 g/mol. The number of halogens is 3. The maximum Gasteiger partial charge on any atom is 0.405 e. The van der Waals surface area contributed by atoms with Gasteiger partial charge < -0.3 is 10.8 Å². The predicted octanol–water partition coefficient (Wildman–Crippen LogP) is 0.967. The summed E-state index contributed by atoms with van der Waals surface area (Å²) >= 11 is 0. The maximum atomic E-state index is 12.9. The minimum absolute atomic E-state index is 0.0774. The van der Waals surface area contributed by atoms with Gasteiger partial charge in [-0.2, -0.15) is 13.2 Å². The van der Waals surface area contributed by atoms with Gasteiger partial charge in [0.05, 0.1) is 6.61 Å². The van der Waals surface area contributed by atoms with Crippen molar-refractivity contribution in [3.63, 3.8) is 0 Å². The smallest absolute Gasteiger partial charge is 0.395 e. The van der Waals surface area contributed by atoms with Crippen LogP contribution in [0, 0.1) is 5.92 Å².